The number of hydrogen-bond donors (Lipinski definition) is 1. The van der Waals surface area contributed by atoms with Gasteiger partial charge >= 0.3 is 0 Å². The standard InChI is InChI=1S/C21H27N5O5S/c1-30-14-12-25-19-8-7-17(15-18(19)23-24-25)32(28,29)26-11-3-2-6-20(26)21(27)22-10-9-16-5-4-13-31-16/h4-5,7-8,13,15,20H,2-3,6,9-12,14H2,1H3,(H,22,27). The van der Waals surface area contributed by atoms with Crippen LogP contribution in [0.1, 0.15) is 25.0 Å². The average Bonchev–Trinajstić information content (AvgIpc) is 3.47. The Labute approximate surface area is 186 Å². The second kappa shape index (κ2) is 9.80. The van der Waals surface area contributed by atoms with Gasteiger partial charge in [0.25, 0.3) is 0 Å². The van der Waals surface area contributed by atoms with Gasteiger partial charge in [-0.25, -0.2) is 13.1 Å². The van der Waals surface area contributed by atoms with Crippen molar-refractivity contribution in [3.63, 3.8) is 0 Å². The van der Waals surface area contributed by atoms with Crippen molar-refractivity contribution in [2.24, 2.45) is 0 Å². The number of carbonyl (C=O) groups excluding carboxylic acids is 1. The van der Waals surface area contributed by atoms with Crippen LogP contribution in [0.4, 0.5) is 0 Å². The molecule has 1 saturated heterocycles. The van der Waals surface area contributed by atoms with E-state index in [2.05, 4.69) is 15.6 Å². The zero-order valence-electron chi connectivity index (χ0n) is 17.9. The van der Waals surface area contributed by atoms with Crippen molar-refractivity contribution in [2.75, 3.05) is 26.8 Å². The molecule has 1 aromatic carbocycles. The molecule has 1 aliphatic heterocycles. The first-order valence-corrected chi connectivity index (χ1v) is 12.1. The minimum absolute atomic E-state index is 0.110. The van der Waals surface area contributed by atoms with Gasteiger partial charge in [0.1, 0.15) is 17.3 Å². The Morgan fingerprint density at radius 2 is 2.19 bits per heavy atom. The molecule has 172 valence electrons. The van der Waals surface area contributed by atoms with Crippen LogP contribution in [0.5, 0.6) is 0 Å². The third-order valence-corrected chi connectivity index (χ3v) is 7.51. The summed E-state index contributed by atoms with van der Waals surface area (Å²) in [4.78, 5) is 13.0. The van der Waals surface area contributed by atoms with Gasteiger partial charge in [-0.15, -0.1) is 5.10 Å². The molecule has 1 unspecified atom stereocenters. The summed E-state index contributed by atoms with van der Waals surface area (Å²) in [6, 6.07) is 7.65. The van der Waals surface area contributed by atoms with Crippen molar-refractivity contribution in [3.05, 3.63) is 42.4 Å². The van der Waals surface area contributed by atoms with E-state index in [4.69, 9.17) is 9.15 Å². The number of furan rings is 1. The highest BCUT2D eigenvalue weighted by atomic mass is 32.2. The Hall–Kier alpha value is -2.76. The minimum atomic E-state index is -3.87. The van der Waals surface area contributed by atoms with Crippen molar-refractivity contribution in [2.45, 2.75) is 43.2 Å². The summed E-state index contributed by atoms with van der Waals surface area (Å²) in [5, 5.41) is 11.0. The molecule has 3 heterocycles. The number of nitrogens with one attached hydrogen (secondary N) is 1. The number of hydrogen-bond acceptors (Lipinski definition) is 7. The summed E-state index contributed by atoms with van der Waals surface area (Å²) in [6.07, 6.45) is 4.13. The van der Waals surface area contributed by atoms with Crippen LogP contribution in [0, 0.1) is 0 Å². The highest BCUT2D eigenvalue weighted by Crippen LogP contribution is 2.27. The van der Waals surface area contributed by atoms with E-state index in [0.29, 0.717) is 51.0 Å². The molecule has 0 aliphatic carbocycles. The average molecular weight is 462 g/mol. The molecular weight excluding hydrogens is 434 g/mol. The van der Waals surface area contributed by atoms with E-state index in [1.165, 1.54) is 10.4 Å². The van der Waals surface area contributed by atoms with Crippen molar-refractivity contribution in [1.82, 2.24) is 24.6 Å². The number of aromatic nitrogens is 3. The largest absolute Gasteiger partial charge is 0.469 e. The van der Waals surface area contributed by atoms with Crippen LogP contribution < -0.4 is 5.32 Å². The van der Waals surface area contributed by atoms with Crippen LogP contribution in [0.15, 0.2) is 45.9 Å². The van der Waals surface area contributed by atoms with Crippen LogP contribution in [-0.2, 0) is 32.5 Å². The van der Waals surface area contributed by atoms with E-state index < -0.39 is 16.1 Å². The third kappa shape index (κ3) is 4.69. The predicted molar refractivity (Wildman–Crippen MR) is 116 cm³/mol. The lowest BCUT2D eigenvalue weighted by atomic mass is 10.0. The summed E-state index contributed by atoms with van der Waals surface area (Å²) in [6.45, 7) is 1.68. The van der Waals surface area contributed by atoms with Crippen LogP contribution in [-0.4, -0.2) is 66.5 Å². The molecular formula is C21H27N5O5S. The lowest BCUT2D eigenvalue weighted by molar-refractivity contribution is -0.125. The second-order valence-corrected chi connectivity index (χ2v) is 9.59. The zero-order valence-corrected chi connectivity index (χ0v) is 18.8. The Bertz CT molecular complexity index is 1160. The normalized spacial score (nSPS) is 17.6. The highest BCUT2D eigenvalue weighted by molar-refractivity contribution is 7.89. The van der Waals surface area contributed by atoms with Gasteiger partial charge < -0.3 is 14.5 Å². The lowest BCUT2D eigenvalue weighted by Crippen LogP contribution is -2.52. The topological polar surface area (TPSA) is 120 Å². The second-order valence-electron chi connectivity index (χ2n) is 7.70. The first-order valence-electron chi connectivity index (χ1n) is 10.6. The number of piperidine rings is 1. The van der Waals surface area contributed by atoms with E-state index in [9.17, 15) is 13.2 Å². The quantitative estimate of drug-likeness (QED) is 0.514. The van der Waals surface area contributed by atoms with Crippen molar-refractivity contribution in [3.8, 4) is 0 Å². The summed E-state index contributed by atoms with van der Waals surface area (Å²) in [5.74, 6) is 0.483. The van der Waals surface area contributed by atoms with Crippen molar-refractivity contribution >= 4 is 27.0 Å². The number of nitrogens with zero attached hydrogens (tertiary/aromatic N) is 4. The maximum atomic E-state index is 13.4. The number of carbonyl (C=O) groups is 1. The van der Waals surface area contributed by atoms with Gasteiger partial charge in [0.15, 0.2) is 0 Å². The fraction of sp³-hybridized carbons (Fsp3) is 0.476. The molecule has 0 radical (unpaired) electrons. The number of ether oxygens (including phenoxy) is 1. The molecule has 1 amide bonds. The van der Waals surface area contributed by atoms with E-state index in [-0.39, 0.29) is 10.8 Å². The molecule has 1 fully saturated rings. The zero-order chi connectivity index (χ0) is 22.6. The summed E-state index contributed by atoms with van der Waals surface area (Å²) in [7, 11) is -2.27. The highest BCUT2D eigenvalue weighted by Gasteiger charge is 2.37. The number of benzene rings is 1. The molecule has 3 aromatic rings. The summed E-state index contributed by atoms with van der Waals surface area (Å²) in [5.41, 5.74) is 1.21. The molecule has 0 bridgehead atoms. The van der Waals surface area contributed by atoms with Gasteiger partial charge in [0, 0.05) is 26.6 Å². The van der Waals surface area contributed by atoms with E-state index in [1.807, 2.05) is 6.07 Å². The first kappa shape index (κ1) is 22.4. The van der Waals surface area contributed by atoms with Crippen LogP contribution in [0.25, 0.3) is 11.0 Å². The molecule has 0 saturated carbocycles. The van der Waals surface area contributed by atoms with Gasteiger partial charge in [-0.05, 0) is 43.2 Å². The molecule has 1 aliphatic rings. The van der Waals surface area contributed by atoms with E-state index in [1.54, 1.807) is 36.3 Å². The van der Waals surface area contributed by atoms with Gasteiger partial charge in [-0.2, -0.15) is 4.31 Å². The first-order chi connectivity index (χ1) is 15.5. The molecule has 1 atom stereocenters. The smallest absolute Gasteiger partial charge is 0.243 e. The number of fused-ring (bicyclic) bond motifs is 1. The molecule has 11 heteroatoms. The van der Waals surface area contributed by atoms with Gasteiger partial charge in [-0.1, -0.05) is 11.6 Å². The SMILES string of the molecule is COCCn1nnc2cc(S(=O)(=O)N3CCCCC3C(=O)NCCc3ccco3)ccc21. The number of methoxy groups -OCH3 is 1. The fourth-order valence-corrected chi connectivity index (χ4v) is 5.60. The Kier molecular flexibility index (Phi) is 6.87. The van der Waals surface area contributed by atoms with Gasteiger partial charge in [0.05, 0.1) is 29.8 Å². The monoisotopic (exact) mass is 461 g/mol. The molecule has 4 rings (SSSR count). The van der Waals surface area contributed by atoms with Crippen molar-refractivity contribution < 1.29 is 22.4 Å². The Morgan fingerprint density at radius 1 is 1.31 bits per heavy atom. The molecule has 32 heavy (non-hydrogen) atoms. The molecule has 0 spiro atoms. The third-order valence-electron chi connectivity index (χ3n) is 5.61. The van der Waals surface area contributed by atoms with Crippen LogP contribution in [0.2, 0.25) is 0 Å². The van der Waals surface area contributed by atoms with E-state index >= 15 is 0 Å². The summed E-state index contributed by atoms with van der Waals surface area (Å²) >= 11 is 0. The Balaban J connectivity index is 1.50. The molecule has 10 nitrogen and oxygen atoms in total. The number of sulfonamides is 1. The maximum absolute atomic E-state index is 13.4. The molecule has 2 aromatic heterocycles. The predicted octanol–water partition coefficient (Wildman–Crippen LogP) is 1.57. The van der Waals surface area contributed by atoms with Gasteiger partial charge in [0.2, 0.25) is 15.9 Å². The summed E-state index contributed by atoms with van der Waals surface area (Å²) < 4.78 is 40.2. The number of amides is 1. The maximum Gasteiger partial charge on any atom is 0.243 e. The van der Waals surface area contributed by atoms with E-state index in [0.717, 1.165) is 17.7 Å². The molecule has 1 N–H and O–H groups in total. The lowest BCUT2D eigenvalue weighted by Gasteiger charge is -2.33. The Morgan fingerprint density at radius 3 is 2.97 bits per heavy atom. The van der Waals surface area contributed by atoms with Gasteiger partial charge in [-0.3, -0.25) is 4.79 Å². The minimum Gasteiger partial charge on any atom is -0.469 e. The number of rotatable bonds is 9. The van der Waals surface area contributed by atoms with Crippen molar-refractivity contribution in [1.29, 1.82) is 0 Å². The van der Waals surface area contributed by atoms with Crippen LogP contribution in [0.3, 0.4) is 0 Å². The van der Waals surface area contributed by atoms with Crippen LogP contribution >= 0.6 is 0 Å². The fourth-order valence-electron chi connectivity index (χ4n) is 3.93.